The number of amides is 6. The van der Waals surface area contributed by atoms with Gasteiger partial charge in [-0.05, 0) is 89.0 Å². The van der Waals surface area contributed by atoms with Crippen LogP contribution in [-0.4, -0.2) is 182 Å². The van der Waals surface area contributed by atoms with Gasteiger partial charge in [-0.25, -0.2) is 13.2 Å². The van der Waals surface area contributed by atoms with Crippen LogP contribution < -0.4 is 37.5 Å². The minimum absolute atomic E-state index is 0.0330. The molecule has 0 saturated carbocycles. The van der Waals surface area contributed by atoms with E-state index >= 15 is 0 Å². The summed E-state index contributed by atoms with van der Waals surface area (Å²) >= 11 is 7.39. The van der Waals surface area contributed by atoms with Crippen molar-refractivity contribution in [3.05, 3.63) is 35.7 Å². The number of aromatic nitrogens is 4. The summed E-state index contributed by atoms with van der Waals surface area (Å²) in [5.74, 6) is -6.27. The zero-order valence-corrected chi connectivity index (χ0v) is 63.0. The number of aryl methyl sites for hydroxylation is 1. The summed E-state index contributed by atoms with van der Waals surface area (Å²) in [5.41, 5.74) is 12.1. The van der Waals surface area contributed by atoms with Crippen LogP contribution in [0.25, 0.3) is 0 Å². The number of carbonyl (C=O) groups excluding carboxylic acids is 8. The van der Waals surface area contributed by atoms with Crippen molar-refractivity contribution in [2.45, 2.75) is 199 Å². The number of carboxylic acids is 2. The standard InChI is InChI=1S/C38H67N7O12S.C22H34N4O6.3HI.V/c1-2-17-32(38(52)53)40-35(48)22-21-30(37(50)51)28-31(46)29-57-26-25-56-24-23-39-34(47)20-16-27-58(54,55)43-36(49)19-15-13-11-9-7-5-3-4-6-8-10-12-14-18-33-41-44-45-42-33;1-16(27)5-4-12-31-13-14-32-15-20(28)26-19(21(24)29)6-2-3-11-25-22(30)17-7-9-18(23)10-8-17;;;;/h30,32H,2-29H2,1H3,(H,39,47)(H,40,48)(H,43,49)(H,50,51)(H,52,53)(H,41,42,44,45);7-10,19H,2-6,11-15,23H2,1H3,(H2,24,29)(H,25,30)(H,26,28);3*1H;/q;;;;;+3/p-3. The minimum atomic E-state index is -3.84. The molecule has 1 aromatic heterocycles. The fraction of sp³-hybridized carbons (Fsp3) is 0.717. The first-order valence-corrected chi connectivity index (χ1v) is 47.1. The molecule has 34 heteroatoms. The van der Waals surface area contributed by atoms with Gasteiger partial charge in [0.1, 0.15) is 31.1 Å². The number of primary amides is 1. The number of ether oxygens (including phenoxy) is 4. The number of hydrogen-bond acceptors (Lipinski definition) is 20. The van der Waals surface area contributed by atoms with E-state index in [0.29, 0.717) is 76.0 Å². The molecule has 1 aromatic carbocycles. The van der Waals surface area contributed by atoms with Crippen molar-refractivity contribution < 1.29 is 90.4 Å². The van der Waals surface area contributed by atoms with Gasteiger partial charge in [0.15, 0.2) is 11.6 Å². The molecule has 12 N–H and O–H groups in total. The van der Waals surface area contributed by atoms with Gasteiger partial charge in [-0.3, -0.25) is 43.1 Å². The van der Waals surface area contributed by atoms with Gasteiger partial charge in [0, 0.05) is 69.5 Å². The van der Waals surface area contributed by atoms with Crippen LogP contribution >= 0.6 is 59.9 Å². The van der Waals surface area contributed by atoms with Crippen LogP contribution in [0, 0.1) is 5.92 Å². The van der Waals surface area contributed by atoms with E-state index in [9.17, 15) is 61.5 Å². The topological polar surface area (TPSA) is 449 Å². The summed E-state index contributed by atoms with van der Waals surface area (Å²) in [6.45, 7) is 4.58. The normalized spacial score (nSPS) is 12.0. The van der Waals surface area contributed by atoms with E-state index in [1.165, 1.54) is 51.9 Å². The number of rotatable bonds is 56. The van der Waals surface area contributed by atoms with E-state index in [-0.39, 0.29) is 119 Å². The molecule has 0 aliphatic heterocycles. The molecule has 29 nitrogen and oxygen atoms in total. The van der Waals surface area contributed by atoms with E-state index in [1.54, 1.807) is 31.2 Å². The summed E-state index contributed by atoms with van der Waals surface area (Å²) in [6.07, 6.45) is 18.2. The van der Waals surface area contributed by atoms with Crippen molar-refractivity contribution in [3.63, 3.8) is 0 Å². The molecular weight excluding hydrogens is 1630 g/mol. The molecule has 536 valence electrons. The number of halogens is 3. The first-order chi connectivity index (χ1) is 44.8. The number of nitrogens with one attached hydrogen (secondary N) is 6. The maximum absolute atomic E-state index is 12.3. The molecule has 94 heavy (non-hydrogen) atoms. The Bertz CT molecular complexity index is 2570. The van der Waals surface area contributed by atoms with Crippen molar-refractivity contribution in [2.24, 2.45) is 11.7 Å². The second-order valence-corrected chi connectivity index (χ2v) is 59.2. The molecule has 0 spiro atoms. The third-order valence-electron chi connectivity index (χ3n) is 13.7. The van der Waals surface area contributed by atoms with Gasteiger partial charge in [0.2, 0.25) is 39.6 Å². The van der Waals surface area contributed by atoms with Gasteiger partial charge < -0.3 is 66.7 Å². The van der Waals surface area contributed by atoms with E-state index < -0.39 is 69.4 Å². The number of aromatic amines is 1. The van der Waals surface area contributed by atoms with Gasteiger partial charge in [-0.2, -0.15) is 5.21 Å². The van der Waals surface area contributed by atoms with Gasteiger partial charge in [0.25, 0.3) is 5.91 Å². The molecule has 3 unspecified atom stereocenters. The predicted molar refractivity (Wildman–Crippen MR) is 375 cm³/mol. The molecule has 0 saturated heterocycles. The number of unbranched alkanes of at least 4 members (excludes halogenated alkanes) is 13. The van der Waals surface area contributed by atoms with E-state index in [4.69, 9.17) is 35.5 Å². The summed E-state index contributed by atoms with van der Waals surface area (Å²) < 4.78 is 47.7. The van der Waals surface area contributed by atoms with Gasteiger partial charge >= 0.3 is 76.8 Å². The zero-order valence-electron chi connectivity index (χ0n) is 54.3. The number of carbonyl (C=O) groups is 10. The van der Waals surface area contributed by atoms with E-state index in [1.807, 2.05) is 0 Å². The van der Waals surface area contributed by atoms with Crippen LogP contribution in [0.5, 0.6) is 0 Å². The predicted octanol–water partition coefficient (Wildman–Crippen LogP) is 6.58. The third-order valence-corrected chi connectivity index (χ3v) is 15.1. The first-order valence-electron chi connectivity index (χ1n) is 31.9. The van der Waals surface area contributed by atoms with Crippen molar-refractivity contribution in [1.29, 1.82) is 0 Å². The molecule has 0 bridgehead atoms. The van der Waals surface area contributed by atoms with Crippen LogP contribution in [0.3, 0.4) is 0 Å². The summed E-state index contributed by atoms with van der Waals surface area (Å²) in [4.78, 5) is 117. The Labute approximate surface area is 590 Å². The number of hydrogen-bond donors (Lipinski definition) is 10. The maximum atomic E-state index is 12.3. The first kappa shape index (κ1) is 89.8. The Kier molecular flexibility index (Phi) is 56.2. The Balaban J connectivity index is 0.00000201. The molecule has 6 amide bonds. The Hall–Kier alpha value is -4.25. The number of anilines is 1. The number of Topliss-reactive ketones (excluding diaryl/α,β-unsaturated/α-hetero) is 2. The van der Waals surface area contributed by atoms with Gasteiger partial charge in [0.05, 0.1) is 44.7 Å². The summed E-state index contributed by atoms with van der Waals surface area (Å²) in [6, 6.07) is 4.74. The molecule has 0 fully saturated rings. The van der Waals surface area contributed by atoms with E-state index in [0.717, 1.165) is 44.3 Å². The average Bonchev–Trinajstić information content (AvgIpc) is 1.41. The monoisotopic (exact) mass is 1730 g/mol. The summed E-state index contributed by atoms with van der Waals surface area (Å²) in [5, 5.41) is 42.8. The van der Waals surface area contributed by atoms with Crippen molar-refractivity contribution in [3.8, 4) is 0 Å². The molecule has 3 atom stereocenters. The van der Waals surface area contributed by atoms with Crippen molar-refractivity contribution in [1.82, 2.24) is 46.6 Å². The summed E-state index contributed by atoms with van der Waals surface area (Å²) in [7, 11) is -3.84. The van der Waals surface area contributed by atoms with E-state index in [2.05, 4.69) is 107 Å². The molecule has 0 aliphatic carbocycles. The number of carboxylic acid groups (broad SMARTS) is 2. The number of nitrogen functional groups attached to an aromatic ring is 1. The van der Waals surface area contributed by atoms with Crippen LogP contribution in [0.1, 0.15) is 197 Å². The van der Waals surface area contributed by atoms with Gasteiger partial charge in [-0.1, -0.05) is 89.2 Å². The van der Waals surface area contributed by atoms with Gasteiger partial charge in [-0.15, -0.1) is 10.2 Å². The van der Waals surface area contributed by atoms with Crippen LogP contribution in [-0.2, 0) is 83.5 Å². The van der Waals surface area contributed by atoms with Crippen molar-refractivity contribution in [2.75, 3.05) is 77.4 Å². The molecule has 2 aromatic rings. The number of tetrazole rings is 1. The second kappa shape index (κ2) is 58.9. The van der Waals surface area contributed by atoms with Crippen LogP contribution in [0.4, 0.5) is 5.69 Å². The third kappa shape index (κ3) is 55.8. The second-order valence-electron chi connectivity index (χ2n) is 22.0. The number of benzene rings is 1. The number of nitrogens with zero attached hydrogens (tertiary/aromatic N) is 3. The zero-order chi connectivity index (χ0) is 70.2. The molecule has 1 heterocycles. The molecule has 2 rings (SSSR count). The molecular formula is C60H101I3N11O18SV. The number of nitrogens with two attached hydrogens (primary N) is 2. The quantitative estimate of drug-likeness (QED) is 0.0190. The SMILES string of the molecule is CC(=O)CCCOCCOCC(=O)NC(CCCCNC(=O)c1ccc(N)cc1)C(N)=O.CCCC(NC(=O)CCC(CC(=O)COCCOCCNC(=O)CCCS(=O)(=O)NC(=O)CCCCCCCCCCCCCCCc1nn[nH]n1)C(=O)O)C(=O)O.[I][V]([I])[I]. The fourth-order valence-corrected chi connectivity index (χ4v) is 9.84. The fourth-order valence-electron chi connectivity index (χ4n) is 8.76. The Morgan fingerprint density at radius 2 is 1.16 bits per heavy atom. The van der Waals surface area contributed by atoms with Crippen LogP contribution in [0.15, 0.2) is 24.3 Å². The van der Waals surface area contributed by atoms with Crippen LogP contribution in [0.2, 0.25) is 0 Å². The number of aliphatic carboxylic acids is 2. The average molecular weight is 1730 g/mol. The van der Waals surface area contributed by atoms with Crippen molar-refractivity contribution >= 4 is 135 Å². The number of sulfonamides is 1. The number of ketones is 2. The molecule has 0 aliphatic rings. The number of H-pyrrole nitrogens is 1. The Morgan fingerprint density at radius 1 is 0.596 bits per heavy atom. The Morgan fingerprint density at radius 3 is 1.72 bits per heavy atom. The molecule has 0 radical (unpaired) electrons.